The standard InChI is InChI=1S/C13H8N6OS/c14-8-9-7-12(5-6-15-9)21-13-16-17-18-19(13)10-1-3-11(20)4-2-10/h1-7,20H. The van der Waals surface area contributed by atoms with Crippen molar-refractivity contribution in [2.45, 2.75) is 10.1 Å². The van der Waals surface area contributed by atoms with E-state index in [9.17, 15) is 5.11 Å². The molecule has 2 aromatic heterocycles. The van der Waals surface area contributed by atoms with Crippen LogP contribution in [0.3, 0.4) is 0 Å². The predicted molar refractivity (Wildman–Crippen MR) is 73.9 cm³/mol. The molecule has 7 nitrogen and oxygen atoms in total. The van der Waals surface area contributed by atoms with Crippen LogP contribution in [0.2, 0.25) is 0 Å². The van der Waals surface area contributed by atoms with Gasteiger partial charge in [-0.15, -0.1) is 5.10 Å². The zero-order valence-corrected chi connectivity index (χ0v) is 11.4. The van der Waals surface area contributed by atoms with Gasteiger partial charge in [0.05, 0.1) is 5.69 Å². The molecule has 0 unspecified atom stereocenters. The van der Waals surface area contributed by atoms with Crippen LogP contribution in [-0.2, 0) is 0 Å². The third-order valence-electron chi connectivity index (χ3n) is 2.59. The molecular formula is C13H8N6OS. The Morgan fingerprint density at radius 1 is 1.19 bits per heavy atom. The van der Waals surface area contributed by atoms with Gasteiger partial charge in [0.2, 0.25) is 5.16 Å². The fourth-order valence-electron chi connectivity index (χ4n) is 1.64. The molecule has 0 fully saturated rings. The summed E-state index contributed by atoms with van der Waals surface area (Å²) in [6.07, 6.45) is 1.57. The number of nitriles is 1. The third kappa shape index (κ3) is 2.82. The average molecular weight is 296 g/mol. The lowest BCUT2D eigenvalue weighted by Crippen LogP contribution is -1.98. The lowest BCUT2D eigenvalue weighted by Gasteiger charge is -2.04. The third-order valence-corrected chi connectivity index (χ3v) is 3.52. The molecule has 0 amide bonds. The Labute approximate surface area is 123 Å². The number of aromatic nitrogens is 5. The van der Waals surface area contributed by atoms with Crippen molar-refractivity contribution in [3.05, 3.63) is 48.3 Å². The maximum Gasteiger partial charge on any atom is 0.218 e. The first-order valence-corrected chi connectivity index (χ1v) is 6.70. The van der Waals surface area contributed by atoms with Crippen molar-refractivity contribution in [2.75, 3.05) is 0 Å². The van der Waals surface area contributed by atoms with Crippen molar-refractivity contribution < 1.29 is 5.11 Å². The van der Waals surface area contributed by atoms with Crippen molar-refractivity contribution in [3.63, 3.8) is 0 Å². The molecule has 2 heterocycles. The summed E-state index contributed by atoms with van der Waals surface area (Å²) in [5.74, 6) is 0.175. The highest BCUT2D eigenvalue weighted by molar-refractivity contribution is 7.99. The number of pyridine rings is 1. The van der Waals surface area contributed by atoms with E-state index in [2.05, 4.69) is 20.5 Å². The monoisotopic (exact) mass is 296 g/mol. The highest BCUT2D eigenvalue weighted by atomic mass is 32.2. The summed E-state index contributed by atoms with van der Waals surface area (Å²) in [5, 5.41) is 30.3. The molecule has 1 N–H and O–H groups in total. The molecule has 0 bridgehead atoms. The molecule has 1 aromatic carbocycles. The van der Waals surface area contributed by atoms with Gasteiger partial charge in [-0.3, -0.25) is 0 Å². The van der Waals surface area contributed by atoms with Crippen LogP contribution in [0.15, 0.2) is 52.6 Å². The van der Waals surface area contributed by atoms with E-state index in [4.69, 9.17) is 5.26 Å². The van der Waals surface area contributed by atoms with Crippen LogP contribution >= 0.6 is 11.8 Å². The number of rotatable bonds is 3. The van der Waals surface area contributed by atoms with Gasteiger partial charge in [-0.1, -0.05) is 0 Å². The van der Waals surface area contributed by atoms with Crippen LogP contribution in [0.1, 0.15) is 5.69 Å². The van der Waals surface area contributed by atoms with Crippen molar-refractivity contribution in [1.29, 1.82) is 5.26 Å². The van der Waals surface area contributed by atoms with Crippen molar-refractivity contribution >= 4 is 11.8 Å². The van der Waals surface area contributed by atoms with Gasteiger partial charge in [0.25, 0.3) is 0 Å². The first kappa shape index (κ1) is 13.1. The van der Waals surface area contributed by atoms with E-state index < -0.39 is 0 Å². The molecule has 0 saturated carbocycles. The molecule has 3 aromatic rings. The molecule has 3 rings (SSSR count). The van der Waals surface area contributed by atoms with E-state index in [0.717, 1.165) is 10.6 Å². The summed E-state index contributed by atoms with van der Waals surface area (Å²) in [7, 11) is 0. The summed E-state index contributed by atoms with van der Waals surface area (Å²) in [5.41, 5.74) is 1.07. The summed E-state index contributed by atoms with van der Waals surface area (Å²) >= 11 is 1.32. The summed E-state index contributed by atoms with van der Waals surface area (Å²) < 4.78 is 1.55. The van der Waals surface area contributed by atoms with Crippen LogP contribution < -0.4 is 0 Å². The molecule has 102 valence electrons. The molecule has 0 radical (unpaired) electrons. The number of nitrogens with zero attached hydrogens (tertiary/aromatic N) is 6. The fraction of sp³-hybridized carbons (Fsp3) is 0. The van der Waals surface area contributed by atoms with E-state index in [1.807, 2.05) is 6.07 Å². The second kappa shape index (κ2) is 5.60. The van der Waals surface area contributed by atoms with Crippen molar-refractivity contribution in [3.8, 4) is 17.5 Å². The second-order valence-corrected chi connectivity index (χ2v) is 5.02. The zero-order chi connectivity index (χ0) is 14.7. The van der Waals surface area contributed by atoms with Gasteiger partial charge in [0.15, 0.2) is 0 Å². The maximum atomic E-state index is 9.31. The van der Waals surface area contributed by atoms with E-state index in [1.54, 1.807) is 47.3 Å². The Morgan fingerprint density at radius 3 is 2.76 bits per heavy atom. The number of hydrogen-bond acceptors (Lipinski definition) is 7. The Bertz CT molecular complexity index is 808. The van der Waals surface area contributed by atoms with Gasteiger partial charge < -0.3 is 5.11 Å². The number of benzene rings is 1. The van der Waals surface area contributed by atoms with Crippen molar-refractivity contribution in [2.24, 2.45) is 0 Å². The number of phenolic OH excluding ortho intramolecular Hbond substituents is 1. The van der Waals surface area contributed by atoms with Gasteiger partial charge in [-0.2, -0.15) is 9.94 Å². The van der Waals surface area contributed by atoms with Gasteiger partial charge >= 0.3 is 0 Å². The number of phenols is 1. The lowest BCUT2D eigenvalue weighted by atomic mass is 10.3. The number of aromatic hydroxyl groups is 1. The number of tetrazole rings is 1. The predicted octanol–water partition coefficient (Wildman–Crippen LogP) is 1.79. The molecule has 0 aliphatic rings. The van der Waals surface area contributed by atoms with Crippen LogP contribution in [0.4, 0.5) is 0 Å². The molecular weight excluding hydrogens is 288 g/mol. The highest BCUT2D eigenvalue weighted by Crippen LogP contribution is 2.27. The summed E-state index contributed by atoms with van der Waals surface area (Å²) in [6, 6.07) is 12.0. The minimum atomic E-state index is 0.175. The van der Waals surface area contributed by atoms with Crippen LogP contribution in [0, 0.1) is 11.3 Å². The van der Waals surface area contributed by atoms with Gasteiger partial charge in [-0.25, -0.2) is 4.98 Å². The topological polar surface area (TPSA) is 101 Å². The second-order valence-electron chi connectivity index (χ2n) is 3.98. The first-order chi connectivity index (χ1) is 10.3. The molecule has 0 spiro atoms. The maximum absolute atomic E-state index is 9.31. The number of hydrogen-bond donors (Lipinski definition) is 1. The van der Waals surface area contributed by atoms with Gasteiger partial charge in [0.1, 0.15) is 17.5 Å². The molecule has 8 heteroatoms. The Morgan fingerprint density at radius 2 is 2.00 bits per heavy atom. The smallest absolute Gasteiger partial charge is 0.218 e. The fourth-order valence-corrected chi connectivity index (χ4v) is 2.46. The minimum absolute atomic E-state index is 0.175. The Kier molecular flexibility index (Phi) is 3.49. The minimum Gasteiger partial charge on any atom is -0.508 e. The molecule has 0 aliphatic carbocycles. The largest absolute Gasteiger partial charge is 0.508 e. The Hall–Kier alpha value is -2.92. The van der Waals surface area contributed by atoms with Crippen molar-refractivity contribution in [1.82, 2.24) is 25.2 Å². The first-order valence-electron chi connectivity index (χ1n) is 5.88. The van der Waals surface area contributed by atoms with Crippen LogP contribution in [0.25, 0.3) is 5.69 Å². The zero-order valence-electron chi connectivity index (χ0n) is 10.6. The average Bonchev–Trinajstić information content (AvgIpc) is 2.96. The van der Waals surface area contributed by atoms with Crippen LogP contribution in [-0.4, -0.2) is 30.3 Å². The van der Waals surface area contributed by atoms with E-state index in [-0.39, 0.29) is 5.75 Å². The van der Waals surface area contributed by atoms with Gasteiger partial charge in [0, 0.05) is 11.1 Å². The quantitative estimate of drug-likeness (QED) is 0.786. The summed E-state index contributed by atoms with van der Waals surface area (Å²) in [6.45, 7) is 0. The SMILES string of the molecule is N#Cc1cc(Sc2nnnn2-c2ccc(O)cc2)ccn1. The van der Waals surface area contributed by atoms with E-state index in [1.165, 1.54) is 11.8 Å². The molecule has 21 heavy (non-hydrogen) atoms. The summed E-state index contributed by atoms with van der Waals surface area (Å²) in [4.78, 5) is 4.73. The van der Waals surface area contributed by atoms with E-state index in [0.29, 0.717) is 10.9 Å². The normalized spacial score (nSPS) is 10.2. The van der Waals surface area contributed by atoms with E-state index >= 15 is 0 Å². The molecule has 0 atom stereocenters. The van der Waals surface area contributed by atoms with Crippen LogP contribution in [0.5, 0.6) is 5.75 Å². The molecule has 0 aliphatic heterocycles. The highest BCUT2D eigenvalue weighted by Gasteiger charge is 2.10. The molecule has 0 saturated heterocycles. The van der Waals surface area contributed by atoms with Gasteiger partial charge in [-0.05, 0) is 58.6 Å². The Balaban J connectivity index is 1.92. The lowest BCUT2D eigenvalue weighted by molar-refractivity contribution is 0.475.